The summed E-state index contributed by atoms with van der Waals surface area (Å²) >= 11 is 0. The summed E-state index contributed by atoms with van der Waals surface area (Å²) in [6.45, 7) is 1.27. The quantitative estimate of drug-likeness (QED) is 0.601. The fourth-order valence-corrected chi connectivity index (χ4v) is 1.71. The van der Waals surface area contributed by atoms with Gasteiger partial charge in [-0.05, 0) is 13.0 Å². The second kappa shape index (κ2) is 6.70. The van der Waals surface area contributed by atoms with Gasteiger partial charge in [0.25, 0.3) is 0 Å². The van der Waals surface area contributed by atoms with Crippen LogP contribution in [0.25, 0.3) is 0 Å². The first-order valence-corrected chi connectivity index (χ1v) is 5.88. The number of phenols is 1. The van der Waals surface area contributed by atoms with E-state index in [-0.39, 0.29) is 35.0 Å². The largest absolute Gasteiger partial charge is 0.507 e. The van der Waals surface area contributed by atoms with Crippen LogP contribution in [0.15, 0.2) is 12.1 Å². The van der Waals surface area contributed by atoms with Crippen molar-refractivity contribution in [2.24, 2.45) is 0 Å². The summed E-state index contributed by atoms with van der Waals surface area (Å²) in [6, 6.07) is 2.54. The van der Waals surface area contributed by atoms with Crippen molar-refractivity contribution in [2.45, 2.75) is 19.8 Å². The number of carbonyl (C=O) groups excluding carboxylic acids is 3. The fourth-order valence-electron chi connectivity index (χ4n) is 1.71. The molecule has 0 spiro atoms. The molecule has 0 saturated carbocycles. The third-order valence-corrected chi connectivity index (χ3v) is 2.61. The Labute approximate surface area is 116 Å². The molecule has 108 valence electrons. The molecule has 0 aliphatic heterocycles. The summed E-state index contributed by atoms with van der Waals surface area (Å²) in [5.41, 5.74) is -0.0421. The van der Waals surface area contributed by atoms with E-state index >= 15 is 0 Å². The summed E-state index contributed by atoms with van der Waals surface area (Å²) < 4.78 is 10.0. The van der Waals surface area contributed by atoms with Crippen molar-refractivity contribution < 1.29 is 29.0 Å². The zero-order valence-corrected chi connectivity index (χ0v) is 11.6. The molecule has 1 aromatic rings. The van der Waals surface area contributed by atoms with E-state index in [4.69, 9.17) is 9.47 Å². The summed E-state index contributed by atoms with van der Waals surface area (Å²) in [4.78, 5) is 34.2. The van der Waals surface area contributed by atoms with Crippen LogP contribution < -0.4 is 9.47 Å². The first kappa shape index (κ1) is 15.7. The van der Waals surface area contributed by atoms with Gasteiger partial charge in [-0.2, -0.15) is 0 Å². The van der Waals surface area contributed by atoms with E-state index < -0.39 is 18.0 Å². The highest BCUT2D eigenvalue weighted by molar-refractivity contribution is 6.13. The Hall–Kier alpha value is -2.37. The van der Waals surface area contributed by atoms with E-state index in [2.05, 4.69) is 0 Å². The van der Waals surface area contributed by atoms with Crippen molar-refractivity contribution in [1.29, 1.82) is 0 Å². The monoisotopic (exact) mass is 280 g/mol. The average Bonchev–Trinajstić information content (AvgIpc) is 2.36. The van der Waals surface area contributed by atoms with Crippen LogP contribution in [0.4, 0.5) is 0 Å². The summed E-state index contributed by atoms with van der Waals surface area (Å²) in [7, 11) is 2.79. The lowest BCUT2D eigenvalue weighted by molar-refractivity contribution is -0.125. The number of aromatic hydroxyl groups is 1. The second-order valence-electron chi connectivity index (χ2n) is 4.24. The Morgan fingerprint density at radius 3 is 2.10 bits per heavy atom. The highest BCUT2D eigenvalue weighted by Crippen LogP contribution is 2.34. The number of phenolic OH excluding ortho intramolecular Hbond substituents is 1. The number of benzene rings is 1. The minimum absolute atomic E-state index is 0.0421. The molecule has 0 heterocycles. The van der Waals surface area contributed by atoms with Gasteiger partial charge in [0, 0.05) is 6.07 Å². The molecule has 6 heteroatoms. The fraction of sp³-hybridized carbons (Fsp3) is 0.357. The molecule has 0 atom stereocenters. The van der Waals surface area contributed by atoms with Crippen LogP contribution in [0.3, 0.4) is 0 Å². The lowest BCUT2D eigenvalue weighted by Gasteiger charge is -2.10. The molecule has 0 saturated heterocycles. The van der Waals surface area contributed by atoms with Gasteiger partial charge in [0.2, 0.25) is 0 Å². The van der Waals surface area contributed by atoms with Gasteiger partial charge in [0.1, 0.15) is 17.3 Å². The van der Waals surface area contributed by atoms with Gasteiger partial charge in [-0.25, -0.2) is 0 Å². The number of Topliss-reactive ketones (excluding diaryl/α,β-unsaturated/α-hetero) is 3. The Morgan fingerprint density at radius 1 is 1.05 bits per heavy atom. The van der Waals surface area contributed by atoms with E-state index in [1.807, 2.05) is 0 Å². The van der Waals surface area contributed by atoms with Crippen LogP contribution in [-0.4, -0.2) is 36.7 Å². The molecule has 0 radical (unpaired) electrons. The van der Waals surface area contributed by atoms with Crippen molar-refractivity contribution in [2.75, 3.05) is 14.2 Å². The van der Waals surface area contributed by atoms with Gasteiger partial charge in [0.15, 0.2) is 17.3 Å². The van der Waals surface area contributed by atoms with Crippen molar-refractivity contribution in [3.63, 3.8) is 0 Å². The average molecular weight is 280 g/mol. The van der Waals surface area contributed by atoms with Gasteiger partial charge in [-0.1, -0.05) is 0 Å². The molecule has 0 amide bonds. The molecule has 6 nitrogen and oxygen atoms in total. The molecule has 1 rings (SSSR count). The first-order valence-electron chi connectivity index (χ1n) is 5.88. The highest BCUT2D eigenvalue weighted by Gasteiger charge is 2.19. The normalized spacial score (nSPS) is 9.95. The van der Waals surface area contributed by atoms with Gasteiger partial charge < -0.3 is 14.6 Å². The number of methoxy groups -OCH3 is 2. The zero-order chi connectivity index (χ0) is 15.3. The lowest BCUT2D eigenvalue weighted by atomic mass is 10.0. The Balaban J connectivity index is 2.98. The van der Waals surface area contributed by atoms with Crippen LogP contribution in [0.5, 0.6) is 17.2 Å². The first-order chi connectivity index (χ1) is 9.38. The van der Waals surface area contributed by atoms with E-state index in [9.17, 15) is 19.5 Å². The Morgan fingerprint density at radius 2 is 1.60 bits per heavy atom. The smallest absolute Gasteiger partial charge is 0.174 e. The minimum Gasteiger partial charge on any atom is -0.507 e. The van der Waals surface area contributed by atoms with Gasteiger partial charge in [0.05, 0.1) is 32.6 Å². The topological polar surface area (TPSA) is 89.9 Å². The third-order valence-electron chi connectivity index (χ3n) is 2.61. The molecule has 1 N–H and O–H groups in total. The van der Waals surface area contributed by atoms with Crippen LogP contribution in [0.2, 0.25) is 0 Å². The molecule has 0 fully saturated rings. The van der Waals surface area contributed by atoms with E-state index in [1.54, 1.807) is 0 Å². The van der Waals surface area contributed by atoms with Gasteiger partial charge >= 0.3 is 0 Å². The van der Waals surface area contributed by atoms with Crippen molar-refractivity contribution in [1.82, 2.24) is 0 Å². The highest BCUT2D eigenvalue weighted by atomic mass is 16.5. The standard InChI is InChI=1S/C14H16O6/c1-8(15)4-9(16)5-11(17)10-6-13(19-2)14(20-3)7-12(10)18/h6-7,18H,4-5H2,1-3H3. The maximum Gasteiger partial charge on any atom is 0.174 e. The van der Waals surface area contributed by atoms with Crippen LogP contribution in [0.1, 0.15) is 30.1 Å². The van der Waals surface area contributed by atoms with Gasteiger partial charge in [-0.3, -0.25) is 14.4 Å². The Bertz CT molecular complexity index is 547. The molecule has 0 unspecified atom stereocenters. The van der Waals surface area contributed by atoms with Crippen molar-refractivity contribution in [3.8, 4) is 17.2 Å². The Kier molecular flexibility index (Phi) is 5.25. The summed E-state index contributed by atoms with van der Waals surface area (Å²) in [5, 5.41) is 9.77. The second-order valence-corrected chi connectivity index (χ2v) is 4.24. The molecule has 0 aromatic heterocycles. The van der Waals surface area contributed by atoms with Crippen molar-refractivity contribution >= 4 is 17.3 Å². The molecule has 0 aliphatic rings. The maximum absolute atomic E-state index is 11.9. The number of ketones is 3. The number of hydrogen-bond donors (Lipinski definition) is 1. The molecule has 20 heavy (non-hydrogen) atoms. The molecule has 0 aliphatic carbocycles. The predicted molar refractivity (Wildman–Crippen MR) is 70.5 cm³/mol. The van der Waals surface area contributed by atoms with Gasteiger partial charge in [-0.15, -0.1) is 0 Å². The van der Waals surface area contributed by atoms with Crippen molar-refractivity contribution in [3.05, 3.63) is 17.7 Å². The number of hydrogen-bond acceptors (Lipinski definition) is 6. The van der Waals surface area contributed by atoms with E-state index in [0.29, 0.717) is 0 Å². The van der Waals surface area contributed by atoms with E-state index in [0.717, 1.165) is 0 Å². The maximum atomic E-state index is 11.9. The SMILES string of the molecule is COc1cc(O)c(C(=O)CC(=O)CC(C)=O)cc1OC. The molecule has 1 aromatic carbocycles. The van der Waals surface area contributed by atoms with Crippen LogP contribution in [0, 0.1) is 0 Å². The van der Waals surface area contributed by atoms with Crippen LogP contribution >= 0.6 is 0 Å². The minimum atomic E-state index is -0.574. The zero-order valence-electron chi connectivity index (χ0n) is 11.6. The number of ether oxygens (including phenoxy) is 2. The lowest BCUT2D eigenvalue weighted by Crippen LogP contribution is -2.11. The van der Waals surface area contributed by atoms with E-state index in [1.165, 1.54) is 33.3 Å². The molecule has 0 bridgehead atoms. The molecular formula is C14H16O6. The number of rotatable bonds is 7. The predicted octanol–water partition coefficient (Wildman–Crippen LogP) is 1.53. The van der Waals surface area contributed by atoms with Crippen LogP contribution in [-0.2, 0) is 9.59 Å². The number of carbonyl (C=O) groups is 3. The summed E-state index contributed by atoms with van der Waals surface area (Å²) in [5.74, 6) is -1.13. The summed E-state index contributed by atoms with van der Waals surface area (Å²) in [6.07, 6.45) is -0.734. The third kappa shape index (κ3) is 3.81. The molecular weight excluding hydrogens is 264 g/mol.